The van der Waals surface area contributed by atoms with Crippen molar-refractivity contribution in [3.8, 4) is 0 Å². The molecule has 0 amide bonds. The number of benzene rings is 1. The van der Waals surface area contributed by atoms with E-state index in [1.54, 1.807) is 18.2 Å². The van der Waals surface area contributed by atoms with Crippen LogP contribution in [0.1, 0.15) is 11.3 Å². The number of ether oxygens (including phenoxy) is 1. The van der Waals surface area contributed by atoms with Crippen LogP contribution in [0.2, 0.25) is 5.15 Å². The standard InChI is InChI=1S/C14H11ClF2N2O3/c1-8-3-4-9-10(7-8)19-12(15)11(18-9)14(16,17)5-2-6-22-13(20)21/h2-5,7H,6H2,1H3,(H,20,21)/b5-2+. The number of carbonyl (C=O) groups is 1. The van der Waals surface area contributed by atoms with Gasteiger partial charge in [-0.2, -0.15) is 8.78 Å². The number of aryl methyl sites for hydroxylation is 1. The topological polar surface area (TPSA) is 72.3 Å². The molecule has 5 nitrogen and oxygen atoms in total. The molecule has 0 aliphatic rings. The lowest BCUT2D eigenvalue weighted by Gasteiger charge is -2.13. The summed E-state index contributed by atoms with van der Waals surface area (Å²) in [6.45, 7) is 1.34. The molecule has 0 bridgehead atoms. The van der Waals surface area contributed by atoms with E-state index in [2.05, 4.69) is 14.7 Å². The first-order valence-corrected chi connectivity index (χ1v) is 6.53. The average Bonchev–Trinajstić information content (AvgIpc) is 2.42. The smallest absolute Gasteiger partial charge is 0.450 e. The van der Waals surface area contributed by atoms with Crippen molar-refractivity contribution in [1.29, 1.82) is 0 Å². The summed E-state index contributed by atoms with van der Waals surface area (Å²) in [7, 11) is 0. The molecule has 0 atom stereocenters. The van der Waals surface area contributed by atoms with E-state index in [1.165, 1.54) is 0 Å². The summed E-state index contributed by atoms with van der Waals surface area (Å²) in [5, 5.41) is 7.85. The molecule has 2 rings (SSSR count). The third kappa shape index (κ3) is 3.67. The fourth-order valence-corrected chi connectivity index (χ4v) is 2.01. The second-order valence-corrected chi connectivity index (χ2v) is 4.82. The van der Waals surface area contributed by atoms with Gasteiger partial charge in [-0.25, -0.2) is 14.8 Å². The summed E-state index contributed by atoms with van der Waals surface area (Å²) in [6, 6.07) is 4.99. The molecule has 1 aromatic carbocycles. The third-order valence-corrected chi connectivity index (χ3v) is 2.99. The van der Waals surface area contributed by atoms with Crippen LogP contribution in [0.5, 0.6) is 0 Å². The molecule has 0 aliphatic carbocycles. The van der Waals surface area contributed by atoms with Crippen LogP contribution < -0.4 is 0 Å². The first-order chi connectivity index (χ1) is 10.3. The number of rotatable bonds is 4. The minimum absolute atomic E-state index is 0.292. The van der Waals surface area contributed by atoms with Crippen molar-refractivity contribution >= 4 is 28.8 Å². The highest BCUT2D eigenvalue weighted by atomic mass is 35.5. The number of nitrogens with zero attached hydrogens (tertiary/aromatic N) is 2. The molecule has 116 valence electrons. The van der Waals surface area contributed by atoms with Gasteiger partial charge in [0.1, 0.15) is 6.61 Å². The maximum atomic E-state index is 14.1. The molecule has 0 aliphatic heterocycles. The normalized spacial score (nSPS) is 12.0. The molecule has 0 fully saturated rings. The summed E-state index contributed by atoms with van der Waals surface area (Å²) in [6.07, 6.45) is -0.191. The van der Waals surface area contributed by atoms with Crippen molar-refractivity contribution in [3.63, 3.8) is 0 Å². The van der Waals surface area contributed by atoms with Crippen molar-refractivity contribution < 1.29 is 23.4 Å². The first kappa shape index (κ1) is 16.1. The summed E-state index contributed by atoms with van der Waals surface area (Å²) >= 11 is 5.79. The highest BCUT2D eigenvalue weighted by Gasteiger charge is 2.33. The van der Waals surface area contributed by atoms with E-state index in [9.17, 15) is 13.6 Å². The zero-order valence-corrected chi connectivity index (χ0v) is 12.1. The lowest BCUT2D eigenvalue weighted by atomic mass is 10.2. The quantitative estimate of drug-likeness (QED) is 0.680. The Morgan fingerprint density at radius 3 is 2.82 bits per heavy atom. The molecule has 0 saturated carbocycles. The van der Waals surface area contributed by atoms with Gasteiger partial charge >= 0.3 is 12.1 Å². The Kier molecular flexibility index (Phi) is 4.56. The van der Waals surface area contributed by atoms with E-state index in [0.29, 0.717) is 17.1 Å². The first-order valence-electron chi connectivity index (χ1n) is 6.15. The number of fused-ring (bicyclic) bond motifs is 1. The number of allylic oxidation sites excluding steroid dienone is 1. The van der Waals surface area contributed by atoms with Gasteiger partial charge in [0.05, 0.1) is 11.0 Å². The summed E-state index contributed by atoms with van der Waals surface area (Å²) < 4.78 is 32.3. The van der Waals surface area contributed by atoms with Gasteiger partial charge in [-0.3, -0.25) is 0 Å². The maximum Gasteiger partial charge on any atom is 0.506 e. The van der Waals surface area contributed by atoms with Gasteiger partial charge < -0.3 is 9.84 Å². The molecule has 2 aromatic rings. The number of halogens is 3. The van der Waals surface area contributed by atoms with Crippen LogP contribution in [0, 0.1) is 6.92 Å². The largest absolute Gasteiger partial charge is 0.506 e. The van der Waals surface area contributed by atoms with Crippen molar-refractivity contribution in [1.82, 2.24) is 9.97 Å². The summed E-state index contributed by atoms with van der Waals surface area (Å²) in [5.74, 6) is -3.50. The summed E-state index contributed by atoms with van der Waals surface area (Å²) in [5.41, 5.74) is 0.919. The molecule has 22 heavy (non-hydrogen) atoms. The number of carboxylic acid groups (broad SMARTS) is 1. The van der Waals surface area contributed by atoms with Crippen molar-refractivity contribution in [2.24, 2.45) is 0 Å². The molecule has 1 aromatic heterocycles. The molecular weight excluding hydrogens is 318 g/mol. The van der Waals surface area contributed by atoms with Gasteiger partial charge in [0.2, 0.25) is 0 Å². The monoisotopic (exact) mass is 328 g/mol. The van der Waals surface area contributed by atoms with Gasteiger partial charge in [-0.15, -0.1) is 0 Å². The van der Waals surface area contributed by atoms with E-state index in [0.717, 1.165) is 11.6 Å². The van der Waals surface area contributed by atoms with Gasteiger partial charge in [-0.05, 0) is 36.8 Å². The zero-order chi connectivity index (χ0) is 16.3. The van der Waals surface area contributed by atoms with Crippen molar-refractivity contribution in [2.45, 2.75) is 12.8 Å². The summed E-state index contributed by atoms with van der Waals surface area (Å²) in [4.78, 5) is 17.9. The molecule has 0 spiro atoms. The van der Waals surface area contributed by atoms with Crippen LogP contribution in [0.15, 0.2) is 30.4 Å². The van der Waals surface area contributed by atoms with Crippen molar-refractivity contribution in [2.75, 3.05) is 6.61 Å². The Labute approximate surface area is 129 Å². The van der Waals surface area contributed by atoms with Crippen LogP contribution in [0.25, 0.3) is 11.0 Å². The van der Waals surface area contributed by atoms with Crippen LogP contribution in [0.3, 0.4) is 0 Å². The second-order valence-electron chi connectivity index (χ2n) is 4.46. The Morgan fingerprint density at radius 2 is 2.14 bits per heavy atom. The van der Waals surface area contributed by atoms with Crippen LogP contribution in [-0.2, 0) is 10.7 Å². The van der Waals surface area contributed by atoms with E-state index < -0.39 is 29.5 Å². The Balaban J connectivity index is 2.33. The minimum Gasteiger partial charge on any atom is -0.450 e. The number of alkyl halides is 2. The van der Waals surface area contributed by atoms with Crippen LogP contribution in [0.4, 0.5) is 13.6 Å². The number of hydrogen-bond donors (Lipinski definition) is 1. The fourth-order valence-electron chi connectivity index (χ4n) is 1.75. The highest BCUT2D eigenvalue weighted by Crippen LogP contribution is 2.33. The average molecular weight is 329 g/mol. The Morgan fingerprint density at radius 1 is 1.41 bits per heavy atom. The van der Waals surface area contributed by atoms with Gasteiger partial charge in [0, 0.05) is 0 Å². The lowest BCUT2D eigenvalue weighted by molar-refractivity contribution is 0.0458. The Bertz CT molecular complexity index is 750. The number of hydrogen-bond acceptors (Lipinski definition) is 4. The minimum atomic E-state index is -3.50. The van der Waals surface area contributed by atoms with Crippen molar-refractivity contribution in [3.05, 3.63) is 46.8 Å². The molecule has 1 heterocycles. The molecule has 1 N–H and O–H groups in total. The highest BCUT2D eigenvalue weighted by molar-refractivity contribution is 6.30. The second kappa shape index (κ2) is 6.23. The predicted octanol–water partition coefficient (Wildman–Crippen LogP) is 3.93. The van der Waals surface area contributed by atoms with Gasteiger partial charge in [-0.1, -0.05) is 17.7 Å². The fraction of sp³-hybridized carbons (Fsp3) is 0.214. The number of aromatic nitrogens is 2. The molecule has 0 unspecified atom stereocenters. The van der Waals surface area contributed by atoms with Gasteiger partial charge in [0.25, 0.3) is 0 Å². The van der Waals surface area contributed by atoms with E-state index in [4.69, 9.17) is 16.7 Å². The molecular formula is C14H11ClF2N2O3. The maximum absolute atomic E-state index is 14.1. The van der Waals surface area contributed by atoms with E-state index >= 15 is 0 Å². The van der Waals surface area contributed by atoms with E-state index in [-0.39, 0.29) is 0 Å². The predicted molar refractivity (Wildman–Crippen MR) is 76.3 cm³/mol. The molecule has 0 radical (unpaired) electrons. The van der Waals surface area contributed by atoms with Crippen LogP contribution >= 0.6 is 11.6 Å². The molecule has 8 heteroatoms. The molecule has 0 saturated heterocycles. The lowest BCUT2D eigenvalue weighted by Crippen LogP contribution is -2.14. The zero-order valence-electron chi connectivity index (χ0n) is 11.4. The van der Waals surface area contributed by atoms with E-state index in [1.807, 2.05) is 6.92 Å². The Hall–Kier alpha value is -2.28. The SMILES string of the molecule is Cc1ccc2nc(C(F)(F)/C=C/COC(=O)O)c(Cl)nc2c1. The van der Waals surface area contributed by atoms with Crippen LogP contribution in [-0.4, -0.2) is 27.8 Å². The third-order valence-electron chi connectivity index (χ3n) is 2.72. The van der Waals surface area contributed by atoms with Gasteiger partial charge in [0.15, 0.2) is 10.8 Å².